The molecular weight excluding hydrogens is 411 g/mol. The number of hydrogen-bond donors (Lipinski definition) is 2. The highest BCUT2D eigenvalue weighted by atomic mass is 19.4. The molecule has 2 amide bonds. The van der Waals surface area contributed by atoms with Crippen LogP contribution in [0.3, 0.4) is 0 Å². The normalized spacial score (nSPS) is 16.5. The number of carbonyl (C=O) groups is 2. The monoisotopic (exact) mass is 435 g/mol. The average molecular weight is 435 g/mol. The fraction of sp³-hybridized carbons (Fsp3) is 0.364. The van der Waals surface area contributed by atoms with Gasteiger partial charge in [0.2, 0.25) is 11.8 Å². The van der Waals surface area contributed by atoms with E-state index >= 15 is 0 Å². The fourth-order valence-electron chi connectivity index (χ4n) is 3.67. The summed E-state index contributed by atoms with van der Waals surface area (Å²) in [6.45, 7) is -0.0699. The van der Waals surface area contributed by atoms with Crippen molar-refractivity contribution >= 4 is 17.5 Å². The van der Waals surface area contributed by atoms with Crippen LogP contribution in [0.2, 0.25) is 0 Å². The first-order valence-electron chi connectivity index (χ1n) is 9.82. The molecular formula is C22H24F3N3O3. The zero-order valence-corrected chi connectivity index (χ0v) is 17.3. The molecule has 2 aromatic rings. The van der Waals surface area contributed by atoms with Gasteiger partial charge in [0.05, 0.1) is 25.8 Å². The van der Waals surface area contributed by atoms with Gasteiger partial charge < -0.3 is 20.3 Å². The number of fused-ring (bicyclic) bond motifs is 1. The standard InChI is InChI=1S/C22H24F3N3O3/c1-26-12-20(29)27-17-9-7-14-5-3-4-6-18(14)28(21(17)30)13-15-11-16(22(23,24)25)8-10-19(15)31-2/h3-6,8,10-11,17,26H,7,9,12-13H2,1-2H3,(H,27,29). The van der Waals surface area contributed by atoms with Crippen LogP contribution in [0.4, 0.5) is 18.9 Å². The van der Waals surface area contributed by atoms with Crippen LogP contribution in [0, 0.1) is 0 Å². The molecule has 1 atom stereocenters. The van der Waals surface area contributed by atoms with E-state index in [1.165, 1.54) is 18.1 Å². The number of anilines is 1. The number of aryl methyl sites for hydroxylation is 1. The van der Waals surface area contributed by atoms with E-state index in [9.17, 15) is 22.8 Å². The van der Waals surface area contributed by atoms with Gasteiger partial charge in [-0.25, -0.2) is 0 Å². The molecule has 0 saturated carbocycles. The lowest BCUT2D eigenvalue weighted by Gasteiger charge is -2.27. The summed E-state index contributed by atoms with van der Waals surface area (Å²) < 4.78 is 45.0. The minimum Gasteiger partial charge on any atom is -0.496 e. The van der Waals surface area contributed by atoms with Crippen LogP contribution in [-0.4, -0.2) is 38.6 Å². The van der Waals surface area contributed by atoms with Crippen molar-refractivity contribution in [2.45, 2.75) is 31.6 Å². The van der Waals surface area contributed by atoms with E-state index in [0.717, 1.165) is 17.7 Å². The number of ether oxygens (including phenoxy) is 1. The van der Waals surface area contributed by atoms with Gasteiger partial charge in [0.1, 0.15) is 11.8 Å². The Morgan fingerprint density at radius 3 is 2.65 bits per heavy atom. The Morgan fingerprint density at radius 2 is 1.97 bits per heavy atom. The minimum atomic E-state index is -4.52. The Kier molecular flexibility index (Phi) is 6.84. The van der Waals surface area contributed by atoms with E-state index in [2.05, 4.69) is 10.6 Å². The lowest BCUT2D eigenvalue weighted by atomic mass is 10.1. The van der Waals surface area contributed by atoms with Crippen LogP contribution in [0.5, 0.6) is 5.75 Å². The molecule has 1 heterocycles. The van der Waals surface area contributed by atoms with Crippen molar-refractivity contribution in [1.82, 2.24) is 10.6 Å². The highest BCUT2D eigenvalue weighted by molar-refractivity contribution is 6.00. The zero-order valence-electron chi connectivity index (χ0n) is 17.3. The van der Waals surface area contributed by atoms with Gasteiger partial charge in [-0.05, 0) is 49.7 Å². The third kappa shape index (κ3) is 5.16. The molecule has 1 aliphatic rings. The van der Waals surface area contributed by atoms with Crippen LogP contribution in [0.1, 0.15) is 23.1 Å². The maximum absolute atomic E-state index is 13.4. The summed E-state index contributed by atoms with van der Waals surface area (Å²) >= 11 is 0. The molecule has 0 radical (unpaired) electrons. The summed E-state index contributed by atoms with van der Waals surface area (Å²) in [5, 5.41) is 5.45. The Bertz CT molecular complexity index is 963. The first-order chi connectivity index (χ1) is 14.7. The van der Waals surface area contributed by atoms with Gasteiger partial charge in [-0.1, -0.05) is 18.2 Å². The average Bonchev–Trinajstić information content (AvgIpc) is 2.85. The molecule has 0 fully saturated rings. The molecule has 9 heteroatoms. The molecule has 0 saturated heterocycles. The van der Waals surface area contributed by atoms with Crippen LogP contribution in [0.15, 0.2) is 42.5 Å². The largest absolute Gasteiger partial charge is 0.496 e. The van der Waals surface area contributed by atoms with Crippen molar-refractivity contribution in [2.75, 3.05) is 25.6 Å². The molecule has 0 spiro atoms. The number of methoxy groups -OCH3 is 1. The van der Waals surface area contributed by atoms with E-state index < -0.39 is 17.8 Å². The van der Waals surface area contributed by atoms with Gasteiger partial charge in [0.15, 0.2) is 0 Å². The summed E-state index contributed by atoms with van der Waals surface area (Å²) in [5.41, 5.74) is 0.893. The molecule has 2 aromatic carbocycles. The Balaban J connectivity index is 2.00. The Labute approximate surface area is 178 Å². The summed E-state index contributed by atoms with van der Waals surface area (Å²) in [7, 11) is 2.99. The van der Waals surface area contributed by atoms with Gasteiger partial charge >= 0.3 is 6.18 Å². The smallest absolute Gasteiger partial charge is 0.416 e. The second-order valence-corrected chi connectivity index (χ2v) is 7.27. The summed E-state index contributed by atoms with van der Waals surface area (Å²) in [5.74, 6) is -0.462. The molecule has 0 aliphatic carbocycles. The topological polar surface area (TPSA) is 70.7 Å². The number of halogens is 3. The number of carbonyl (C=O) groups excluding carboxylic acids is 2. The van der Waals surface area contributed by atoms with Crippen molar-refractivity contribution in [2.24, 2.45) is 0 Å². The number of nitrogens with zero attached hydrogens (tertiary/aromatic N) is 1. The van der Waals surface area contributed by atoms with Gasteiger partial charge in [0, 0.05) is 11.3 Å². The van der Waals surface area contributed by atoms with Gasteiger partial charge in [-0.2, -0.15) is 13.2 Å². The summed E-state index contributed by atoms with van der Waals surface area (Å²) in [6, 6.07) is 9.63. The minimum absolute atomic E-state index is 0.0537. The van der Waals surface area contributed by atoms with E-state index in [0.29, 0.717) is 18.5 Å². The van der Waals surface area contributed by atoms with Crippen LogP contribution in [-0.2, 0) is 28.7 Å². The maximum atomic E-state index is 13.4. The van der Waals surface area contributed by atoms with Gasteiger partial charge in [-0.15, -0.1) is 0 Å². The summed E-state index contributed by atoms with van der Waals surface area (Å²) in [6.07, 6.45) is -3.59. The third-order valence-corrected chi connectivity index (χ3v) is 5.16. The molecule has 166 valence electrons. The maximum Gasteiger partial charge on any atom is 0.416 e. The number of rotatable bonds is 6. The van der Waals surface area contributed by atoms with E-state index in [-0.39, 0.29) is 36.2 Å². The number of amides is 2. The second kappa shape index (κ2) is 9.38. The van der Waals surface area contributed by atoms with Crippen molar-refractivity contribution in [3.8, 4) is 5.75 Å². The number of para-hydroxylation sites is 1. The second-order valence-electron chi connectivity index (χ2n) is 7.27. The number of benzene rings is 2. The van der Waals surface area contributed by atoms with Crippen LogP contribution >= 0.6 is 0 Å². The lowest BCUT2D eigenvalue weighted by Crippen LogP contribution is -2.49. The molecule has 2 N–H and O–H groups in total. The van der Waals surface area contributed by atoms with Gasteiger partial charge in [0.25, 0.3) is 0 Å². The summed E-state index contributed by atoms with van der Waals surface area (Å²) in [4.78, 5) is 26.9. The number of likely N-dealkylation sites (N-methyl/N-ethyl adjacent to an activating group) is 1. The SMILES string of the molecule is CNCC(=O)NC1CCc2ccccc2N(Cc2cc(C(F)(F)F)ccc2OC)C1=O. The highest BCUT2D eigenvalue weighted by Gasteiger charge is 2.34. The number of hydrogen-bond acceptors (Lipinski definition) is 4. The zero-order chi connectivity index (χ0) is 22.6. The third-order valence-electron chi connectivity index (χ3n) is 5.16. The predicted octanol–water partition coefficient (Wildman–Crippen LogP) is 2.90. The van der Waals surface area contributed by atoms with Crippen molar-refractivity contribution < 1.29 is 27.5 Å². The number of alkyl halides is 3. The first-order valence-corrected chi connectivity index (χ1v) is 9.82. The van der Waals surface area contributed by atoms with E-state index in [1.807, 2.05) is 12.1 Å². The van der Waals surface area contributed by atoms with Gasteiger partial charge in [-0.3, -0.25) is 9.59 Å². The molecule has 0 aromatic heterocycles. The van der Waals surface area contributed by atoms with Crippen molar-refractivity contribution in [3.63, 3.8) is 0 Å². The van der Waals surface area contributed by atoms with E-state index in [1.54, 1.807) is 19.2 Å². The van der Waals surface area contributed by atoms with E-state index in [4.69, 9.17) is 4.74 Å². The first kappa shape index (κ1) is 22.6. The molecule has 31 heavy (non-hydrogen) atoms. The van der Waals surface area contributed by atoms with Crippen molar-refractivity contribution in [1.29, 1.82) is 0 Å². The van der Waals surface area contributed by atoms with Crippen LogP contribution < -0.4 is 20.3 Å². The molecule has 3 rings (SSSR count). The van der Waals surface area contributed by atoms with Crippen molar-refractivity contribution in [3.05, 3.63) is 59.2 Å². The quantitative estimate of drug-likeness (QED) is 0.732. The lowest BCUT2D eigenvalue weighted by molar-refractivity contribution is -0.137. The molecule has 1 aliphatic heterocycles. The highest BCUT2D eigenvalue weighted by Crippen LogP contribution is 2.35. The van der Waals surface area contributed by atoms with Crippen LogP contribution in [0.25, 0.3) is 0 Å². The predicted molar refractivity (Wildman–Crippen MR) is 110 cm³/mol. The Hall–Kier alpha value is -3.07. The molecule has 0 bridgehead atoms. The number of nitrogens with one attached hydrogen (secondary N) is 2. The Morgan fingerprint density at radius 1 is 1.23 bits per heavy atom. The molecule has 1 unspecified atom stereocenters. The molecule has 6 nitrogen and oxygen atoms in total. The fourth-order valence-corrected chi connectivity index (χ4v) is 3.67.